The Morgan fingerprint density at radius 2 is 2.00 bits per heavy atom. The van der Waals surface area contributed by atoms with Gasteiger partial charge in [-0.3, -0.25) is 0 Å². The first kappa shape index (κ1) is 14.2. The fraction of sp³-hybridized carbons (Fsp3) is 0.143. The van der Waals surface area contributed by atoms with Crippen molar-refractivity contribution in [1.29, 1.82) is 0 Å². The van der Waals surface area contributed by atoms with Crippen molar-refractivity contribution in [2.75, 3.05) is 5.32 Å². The highest BCUT2D eigenvalue weighted by Crippen LogP contribution is 2.24. The van der Waals surface area contributed by atoms with Crippen molar-refractivity contribution in [2.45, 2.75) is 13.5 Å². The molecular formula is C14H12BrClIN. The minimum atomic E-state index is 0.740. The molecule has 2 aromatic carbocycles. The van der Waals surface area contributed by atoms with E-state index in [-0.39, 0.29) is 0 Å². The summed E-state index contributed by atoms with van der Waals surface area (Å²) in [6, 6.07) is 12.4. The standard InChI is InChI=1S/C14H12BrClIN/c1-9-6-11(17)3-5-14(9)18-8-10-2-4-13(16)12(15)7-10/h2-7,18H,8H2,1H3. The predicted molar refractivity (Wildman–Crippen MR) is 90.4 cm³/mol. The highest BCUT2D eigenvalue weighted by atomic mass is 127. The Morgan fingerprint density at radius 3 is 2.67 bits per heavy atom. The summed E-state index contributed by atoms with van der Waals surface area (Å²) in [6.45, 7) is 2.90. The molecule has 0 unspecified atom stereocenters. The van der Waals surface area contributed by atoms with Crippen LogP contribution in [0, 0.1) is 10.5 Å². The van der Waals surface area contributed by atoms with Crippen molar-refractivity contribution in [1.82, 2.24) is 0 Å². The Kier molecular flexibility index (Phi) is 4.92. The van der Waals surface area contributed by atoms with Gasteiger partial charge in [0.05, 0.1) is 5.02 Å². The van der Waals surface area contributed by atoms with Crippen molar-refractivity contribution < 1.29 is 0 Å². The van der Waals surface area contributed by atoms with E-state index in [4.69, 9.17) is 11.6 Å². The number of nitrogens with one attached hydrogen (secondary N) is 1. The van der Waals surface area contributed by atoms with E-state index in [2.05, 4.69) is 69.0 Å². The number of benzene rings is 2. The van der Waals surface area contributed by atoms with Crippen molar-refractivity contribution in [2.24, 2.45) is 0 Å². The molecular weight excluding hydrogens is 424 g/mol. The van der Waals surface area contributed by atoms with Crippen LogP contribution in [-0.2, 0) is 6.54 Å². The quantitative estimate of drug-likeness (QED) is 0.615. The monoisotopic (exact) mass is 435 g/mol. The smallest absolute Gasteiger partial charge is 0.0548 e. The lowest BCUT2D eigenvalue weighted by Gasteiger charge is -2.10. The minimum absolute atomic E-state index is 0.740. The molecule has 0 saturated carbocycles. The van der Waals surface area contributed by atoms with Crippen molar-refractivity contribution in [3.8, 4) is 0 Å². The second-order valence-electron chi connectivity index (χ2n) is 4.06. The zero-order valence-corrected chi connectivity index (χ0v) is 14.3. The summed E-state index contributed by atoms with van der Waals surface area (Å²) in [5.41, 5.74) is 3.63. The molecule has 1 N–H and O–H groups in total. The van der Waals surface area contributed by atoms with Crippen LogP contribution in [0.5, 0.6) is 0 Å². The Balaban J connectivity index is 2.09. The largest absolute Gasteiger partial charge is 0.381 e. The van der Waals surface area contributed by atoms with Crippen LogP contribution >= 0.6 is 50.1 Å². The molecule has 0 amide bonds. The topological polar surface area (TPSA) is 12.0 Å². The Morgan fingerprint density at radius 1 is 1.22 bits per heavy atom. The average molecular weight is 437 g/mol. The summed E-state index contributed by atoms with van der Waals surface area (Å²) in [4.78, 5) is 0. The van der Waals surface area contributed by atoms with E-state index in [0.717, 1.165) is 16.0 Å². The minimum Gasteiger partial charge on any atom is -0.381 e. The zero-order chi connectivity index (χ0) is 13.1. The molecule has 94 valence electrons. The number of hydrogen-bond acceptors (Lipinski definition) is 1. The second kappa shape index (κ2) is 6.26. The van der Waals surface area contributed by atoms with E-state index >= 15 is 0 Å². The van der Waals surface area contributed by atoms with Gasteiger partial charge in [-0.2, -0.15) is 0 Å². The number of hydrogen-bond donors (Lipinski definition) is 1. The lowest BCUT2D eigenvalue weighted by atomic mass is 10.2. The lowest BCUT2D eigenvalue weighted by molar-refractivity contribution is 1.14. The summed E-state index contributed by atoms with van der Waals surface area (Å²) in [6.07, 6.45) is 0. The Labute approximate surface area is 134 Å². The van der Waals surface area contributed by atoms with Gasteiger partial charge >= 0.3 is 0 Å². The molecule has 0 aliphatic carbocycles. The van der Waals surface area contributed by atoms with E-state index in [1.165, 1.54) is 20.4 Å². The first-order chi connectivity index (χ1) is 8.56. The van der Waals surface area contributed by atoms with Gasteiger partial charge in [0.2, 0.25) is 0 Å². The molecule has 0 fully saturated rings. The van der Waals surface area contributed by atoms with Gasteiger partial charge in [0.1, 0.15) is 0 Å². The molecule has 0 spiro atoms. The molecule has 0 bridgehead atoms. The van der Waals surface area contributed by atoms with Gasteiger partial charge in [-0.25, -0.2) is 0 Å². The molecule has 18 heavy (non-hydrogen) atoms. The van der Waals surface area contributed by atoms with Gasteiger partial charge in [0, 0.05) is 20.3 Å². The van der Waals surface area contributed by atoms with Gasteiger partial charge in [-0.15, -0.1) is 0 Å². The first-order valence-corrected chi connectivity index (χ1v) is 7.75. The van der Waals surface area contributed by atoms with Crippen LogP contribution in [0.3, 0.4) is 0 Å². The van der Waals surface area contributed by atoms with Crippen LogP contribution in [0.2, 0.25) is 5.02 Å². The summed E-state index contributed by atoms with van der Waals surface area (Å²) < 4.78 is 2.19. The average Bonchev–Trinajstić information content (AvgIpc) is 2.32. The third-order valence-electron chi connectivity index (χ3n) is 2.66. The van der Waals surface area contributed by atoms with Gasteiger partial charge in [-0.1, -0.05) is 17.7 Å². The molecule has 0 aliphatic rings. The summed E-state index contributed by atoms with van der Waals surface area (Å²) >= 11 is 11.7. The van der Waals surface area contributed by atoms with Crippen LogP contribution in [0.25, 0.3) is 0 Å². The first-order valence-electron chi connectivity index (χ1n) is 5.50. The fourth-order valence-corrected chi connectivity index (χ4v) is 2.86. The molecule has 2 aromatic rings. The third-order valence-corrected chi connectivity index (χ3v) is 4.54. The third kappa shape index (κ3) is 3.62. The fourth-order valence-electron chi connectivity index (χ4n) is 1.67. The van der Waals surface area contributed by atoms with E-state index in [9.17, 15) is 0 Å². The van der Waals surface area contributed by atoms with Crippen molar-refractivity contribution in [3.63, 3.8) is 0 Å². The van der Waals surface area contributed by atoms with Crippen LogP contribution in [-0.4, -0.2) is 0 Å². The van der Waals surface area contributed by atoms with E-state index in [1.54, 1.807) is 0 Å². The van der Waals surface area contributed by atoms with Crippen molar-refractivity contribution >= 4 is 55.8 Å². The van der Waals surface area contributed by atoms with Crippen molar-refractivity contribution in [3.05, 3.63) is 60.6 Å². The van der Waals surface area contributed by atoms with Gasteiger partial charge in [0.15, 0.2) is 0 Å². The number of aryl methyl sites for hydroxylation is 1. The summed E-state index contributed by atoms with van der Waals surface area (Å²) in [5.74, 6) is 0. The van der Waals surface area contributed by atoms with Gasteiger partial charge in [-0.05, 0) is 86.9 Å². The zero-order valence-electron chi connectivity index (χ0n) is 9.81. The van der Waals surface area contributed by atoms with Crippen LogP contribution in [0.15, 0.2) is 40.9 Å². The molecule has 0 atom stereocenters. The van der Waals surface area contributed by atoms with E-state index in [0.29, 0.717) is 0 Å². The van der Waals surface area contributed by atoms with Crippen LogP contribution < -0.4 is 5.32 Å². The highest BCUT2D eigenvalue weighted by Gasteiger charge is 2.01. The lowest BCUT2D eigenvalue weighted by Crippen LogP contribution is -2.01. The summed E-state index contributed by atoms with van der Waals surface area (Å²) in [7, 11) is 0. The second-order valence-corrected chi connectivity index (χ2v) is 6.57. The molecule has 0 aliphatic heterocycles. The van der Waals surface area contributed by atoms with Gasteiger partial charge in [0.25, 0.3) is 0 Å². The van der Waals surface area contributed by atoms with E-state index in [1.807, 2.05) is 18.2 Å². The molecule has 1 nitrogen and oxygen atoms in total. The van der Waals surface area contributed by atoms with Gasteiger partial charge < -0.3 is 5.32 Å². The maximum absolute atomic E-state index is 5.97. The molecule has 0 heterocycles. The predicted octanol–water partition coefficient (Wildman–Crippen LogP) is 5.63. The maximum Gasteiger partial charge on any atom is 0.0548 e. The maximum atomic E-state index is 5.97. The Bertz CT molecular complexity index is 572. The SMILES string of the molecule is Cc1cc(I)ccc1NCc1ccc(Cl)c(Br)c1. The van der Waals surface area contributed by atoms with Crippen LogP contribution in [0.4, 0.5) is 5.69 Å². The normalized spacial score (nSPS) is 10.4. The molecule has 4 heteroatoms. The summed E-state index contributed by atoms with van der Waals surface area (Å²) in [5, 5.41) is 4.18. The molecule has 0 aromatic heterocycles. The highest BCUT2D eigenvalue weighted by molar-refractivity contribution is 14.1. The number of anilines is 1. The molecule has 0 radical (unpaired) electrons. The van der Waals surface area contributed by atoms with Crippen LogP contribution in [0.1, 0.15) is 11.1 Å². The number of halogens is 3. The molecule has 2 rings (SSSR count). The number of rotatable bonds is 3. The Hall–Kier alpha value is -0.260. The van der Waals surface area contributed by atoms with E-state index < -0.39 is 0 Å². The molecule has 0 saturated heterocycles.